The largest absolute Gasteiger partial charge is 0.463 e. The van der Waals surface area contributed by atoms with Gasteiger partial charge >= 0.3 is 5.97 Å². The van der Waals surface area contributed by atoms with Gasteiger partial charge in [0.1, 0.15) is 0 Å². The highest BCUT2D eigenvalue weighted by atomic mass is 16.5. The Hall–Kier alpha value is -0.790. The quantitative estimate of drug-likeness (QED) is 0.475. The Labute approximate surface area is 73.6 Å². The minimum atomic E-state index is -0.198. The van der Waals surface area contributed by atoms with Gasteiger partial charge < -0.3 is 4.74 Å². The van der Waals surface area contributed by atoms with Crippen LogP contribution < -0.4 is 0 Å². The molecule has 0 aromatic carbocycles. The van der Waals surface area contributed by atoms with Crippen molar-refractivity contribution in [2.24, 2.45) is 5.92 Å². The maximum Gasteiger partial charge on any atom is 0.330 e. The Morgan fingerprint density at radius 2 is 2.25 bits per heavy atom. The number of hydrogen-bond donors (Lipinski definition) is 0. The minimum Gasteiger partial charge on any atom is -0.463 e. The van der Waals surface area contributed by atoms with E-state index in [-0.39, 0.29) is 5.97 Å². The molecular formula is C10H16O2. The molecule has 68 valence electrons. The van der Waals surface area contributed by atoms with Crippen LogP contribution in [0, 0.1) is 5.92 Å². The molecule has 0 aromatic rings. The number of esters is 1. The van der Waals surface area contributed by atoms with Crippen molar-refractivity contribution in [3.63, 3.8) is 0 Å². The molecule has 0 atom stereocenters. The normalized spacial score (nSPS) is 17.7. The van der Waals surface area contributed by atoms with Crippen molar-refractivity contribution in [3.05, 3.63) is 11.6 Å². The molecule has 0 heterocycles. The molecule has 0 spiro atoms. The summed E-state index contributed by atoms with van der Waals surface area (Å²) in [5, 5.41) is 0. The third-order valence-electron chi connectivity index (χ3n) is 1.96. The smallest absolute Gasteiger partial charge is 0.330 e. The summed E-state index contributed by atoms with van der Waals surface area (Å²) in [5.74, 6) is 0.645. The van der Waals surface area contributed by atoms with Gasteiger partial charge in [0.25, 0.3) is 0 Å². The number of ether oxygens (including phenoxy) is 1. The van der Waals surface area contributed by atoms with Crippen molar-refractivity contribution in [1.82, 2.24) is 0 Å². The molecule has 1 aliphatic rings. The lowest BCUT2D eigenvalue weighted by Crippen LogP contribution is -2.00. The summed E-state index contributed by atoms with van der Waals surface area (Å²) in [6.07, 6.45) is 5.34. The van der Waals surface area contributed by atoms with Gasteiger partial charge in [0.15, 0.2) is 0 Å². The molecule has 1 rings (SSSR count). The van der Waals surface area contributed by atoms with Crippen molar-refractivity contribution >= 4 is 5.97 Å². The van der Waals surface area contributed by atoms with Gasteiger partial charge in [-0.2, -0.15) is 0 Å². The molecule has 2 heteroatoms. The van der Waals surface area contributed by atoms with E-state index >= 15 is 0 Å². The first-order valence-electron chi connectivity index (χ1n) is 4.56. The van der Waals surface area contributed by atoms with E-state index in [0.717, 1.165) is 17.9 Å². The number of allylic oxidation sites excluding steroid dienone is 1. The molecule has 12 heavy (non-hydrogen) atoms. The third-order valence-corrected chi connectivity index (χ3v) is 1.96. The Balaban J connectivity index is 2.26. The highest BCUT2D eigenvalue weighted by Gasteiger charge is 2.21. The second kappa shape index (κ2) is 4.29. The van der Waals surface area contributed by atoms with Gasteiger partial charge in [-0.25, -0.2) is 4.79 Å². The van der Waals surface area contributed by atoms with Crippen LogP contribution in [0.5, 0.6) is 0 Å². The molecule has 0 radical (unpaired) electrons. The fraction of sp³-hybridized carbons (Fsp3) is 0.700. The van der Waals surface area contributed by atoms with Crippen molar-refractivity contribution in [1.29, 1.82) is 0 Å². The van der Waals surface area contributed by atoms with E-state index in [2.05, 4.69) is 0 Å². The molecule has 0 saturated heterocycles. The van der Waals surface area contributed by atoms with Crippen LogP contribution in [0.3, 0.4) is 0 Å². The fourth-order valence-corrected chi connectivity index (χ4v) is 1.22. The van der Waals surface area contributed by atoms with Gasteiger partial charge in [-0.05, 0) is 39.0 Å². The average molecular weight is 168 g/mol. The summed E-state index contributed by atoms with van der Waals surface area (Å²) in [7, 11) is 0. The van der Waals surface area contributed by atoms with Gasteiger partial charge in [-0.15, -0.1) is 0 Å². The zero-order valence-corrected chi connectivity index (χ0v) is 7.80. The Morgan fingerprint density at radius 3 is 2.75 bits per heavy atom. The van der Waals surface area contributed by atoms with E-state index in [1.54, 1.807) is 6.08 Å². The van der Waals surface area contributed by atoms with Crippen LogP contribution in [0.25, 0.3) is 0 Å². The zero-order chi connectivity index (χ0) is 8.97. The Morgan fingerprint density at radius 1 is 1.58 bits per heavy atom. The van der Waals surface area contributed by atoms with Crippen LogP contribution in [-0.2, 0) is 9.53 Å². The zero-order valence-electron chi connectivity index (χ0n) is 7.80. The standard InChI is InChI=1S/C10H16O2/c1-3-12-10(11)7-8(2)6-9-4-5-9/h7,9H,3-6H2,1-2H3/b8-7-. The van der Waals surface area contributed by atoms with Crippen molar-refractivity contribution < 1.29 is 9.53 Å². The van der Waals surface area contributed by atoms with Crippen LogP contribution >= 0.6 is 0 Å². The van der Waals surface area contributed by atoms with Crippen LogP contribution in [-0.4, -0.2) is 12.6 Å². The fourth-order valence-electron chi connectivity index (χ4n) is 1.22. The average Bonchev–Trinajstić information content (AvgIpc) is 2.71. The molecule has 0 N–H and O–H groups in total. The topological polar surface area (TPSA) is 26.3 Å². The predicted octanol–water partition coefficient (Wildman–Crippen LogP) is 2.30. The first-order chi connectivity index (χ1) is 5.72. The van der Waals surface area contributed by atoms with E-state index in [4.69, 9.17) is 4.74 Å². The monoisotopic (exact) mass is 168 g/mol. The summed E-state index contributed by atoms with van der Waals surface area (Å²) in [5.41, 5.74) is 1.15. The SMILES string of the molecule is CCOC(=O)/C=C(/C)CC1CC1. The van der Waals surface area contributed by atoms with Crippen molar-refractivity contribution in [3.8, 4) is 0 Å². The Bertz CT molecular complexity index is 190. The number of hydrogen-bond acceptors (Lipinski definition) is 2. The molecule has 0 amide bonds. The van der Waals surface area contributed by atoms with Gasteiger partial charge in [-0.3, -0.25) is 0 Å². The summed E-state index contributed by atoms with van der Waals surface area (Å²) in [4.78, 5) is 11.0. The second-order valence-corrected chi connectivity index (χ2v) is 3.39. The maximum absolute atomic E-state index is 11.0. The summed E-state index contributed by atoms with van der Waals surface area (Å²) < 4.78 is 4.80. The number of carbonyl (C=O) groups is 1. The van der Waals surface area contributed by atoms with E-state index in [1.165, 1.54) is 12.8 Å². The third kappa shape index (κ3) is 3.56. The molecular weight excluding hydrogens is 152 g/mol. The molecule has 0 unspecified atom stereocenters. The van der Waals surface area contributed by atoms with Gasteiger partial charge in [0.2, 0.25) is 0 Å². The first kappa shape index (κ1) is 9.30. The molecule has 0 aromatic heterocycles. The lowest BCUT2D eigenvalue weighted by molar-refractivity contribution is -0.137. The van der Waals surface area contributed by atoms with E-state index in [0.29, 0.717) is 6.61 Å². The first-order valence-corrected chi connectivity index (χ1v) is 4.56. The van der Waals surface area contributed by atoms with Crippen molar-refractivity contribution in [2.75, 3.05) is 6.61 Å². The number of rotatable bonds is 4. The number of carbonyl (C=O) groups excluding carboxylic acids is 1. The van der Waals surface area contributed by atoms with Gasteiger partial charge in [0, 0.05) is 6.08 Å². The van der Waals surface area contributed by atoms with Crippen LogP contribution in [0.2, 0.25) is 0 Å². The maximum atomic E-state index is 11.0. The molecule has 0 aliphatic heterocycles. The Kier molecular flexibility index (Phi) is 3.32. The van der Waals surface area contributed by atoms with E-state index < -0.39 is 0 Å². The molecule has 0 bridgehead atoms. The van der Waals surface area contributed by atoms with Crippen LogP contribution in [0.1, 0.15) is 33.1 Å². The summed E-state index contributed by atoms with van der Waals surface area (Å²) in [6.45, 7) is 4.28. The van der Waals surface area contributed by atoms with Crippen LogP contribution in [0.15, 0.2) is 11.6 Å². The van der Waals surface area contributed by atoms with E-state index in [9.17, 15) is 4.79 Å². The molecule has 1 fully saturated rings. The molecule has 1 saturated carbocycles. The van der Waals surface area contributed by atoms with Gasteiger partial charge in [-0.1, -0.05) is 5.57 Å². The van der Waals surface area contributed by atoms with E-state index in [1.807, 2.05) is 13.8 Å². The highest BCUT2D eigenvalue weighted by Crippen LogP contribution is 2.34. The summed E-state index contributed by atoms with van der Waals surface area (Å²) >= 11 is 0. The minimum absolute atomic E-state index is 0.198. The van der Waals surface area contributed by atoms with Crippen molar-refractivity contribution in [2.45, 2.75) is 33.1 Å². The summed E-state index contributed by atoms with van der Waals surface area (Å²) in [6, 6.07) is 0. The second-order valence-electron chi connectivity index (χ2n) is 3.39. The predicted molar refractivity (Wildman–Crippen MR) is 47.7 cm³/mol. The van der Waals surface area contributed by atoms with Gasteiger partial charge in [0.05, 0.1) is 6.61 Å². The lowest BCUT2D eigenvalue weighted by Gasteiger charge is -1.99. The van der Waals surface area contributed by atoms with Crippen LogP contribution in [0.4, 0.5) is 0 Å². The highest BCUT2D eigenvalue weighted by molar-refractivity contribution is 5.82. The molecule has 2 nitrogen and oxygen atoms in total. The lowest BCUT2D eigenvalue weighted by atomic mass is 10.1. The molecule has 1 aliphatic carbocycles.